The highest BCUT2D eigenvalue weighted by molar-refractivity contribution is 5.74. The second kappa shape index (κ2) is 5.23. The van der Waals surface area contributed by atoms with E-state index in [4.69, 9.17) is 10.5 Å². The van der Waals surface area contributed by atoms with E-state index in [9.17, 15) is 0 Å². The molecule has 2 aromatic rings. The third kappa shape index (κ3) is 2.49. The number of allylic oxidation sites excluding steroid dienone is 1. The Balaban J connectivity index is 2.14. The molecule has 0 unspecified atom stereocenters. The second-order valence-electron chi connectivity index (χ2n) is 3.24. The molecule has 0 atom stereocenters. The molecule has 0 bridgehead atoms. The van der Waals surface area contributed by atoms with Gasteiger partial charge < -0.3 is 5.32 Å². The summed E-state index contributed by atoms with van der Waals surface area (Å²) in [7, 11) is 0. The van der Waals surface area contributed by atoms with Gasteiger partial charge >= 0.3 is 0 Å². The van der Waals surface area contributed by atoms with E-state index in [2.05, 4.69) is 25.9 Å². The smallest absolute Gasteiger partial charge is 0.216 e. The number of nitriles is 2. The lowest BCUT2D eigenvalue weighted by molar-refractivity contribution is 0.881. The summed E-state index contributed by atoms with van der Waals surface area (Å²) in [6.45, 7) is 0. The van der Waals surface area contributed by atoms with Crippen LogP contribution in [0.2, 0.25) is 0 Å². The Kier molecular flexibility index (Phi) is 3.29. The number of rotatable bonds is 3. The van der Waals surface area contributed by atoms with Gasteiger partial charge in [-0.2, -0.15) is 15.7 Å². The Bertz CT molecular complexity index is 626. The lowest BCUT2D eigenvalue weighted by atomic mass is 10.2. The summed E-state index contributed by atoms with van der Waals surface area (Å²) in [5.41, 5.74) is 1.58. The van der Waals surface area contributed by atoms with Crippen molar-refractivity contribution < 1.29 is 0 Å². The first kappa shape index (κ1) is 11.3. The zero-order valence-corrected chi connectivity index (χ0v) is 9.12. The fourth-order valence-electron chi connectivity index (χ4n) is 1.22. The van der Waals surface area contributed by atoms with Gasteiger partial charge in [-0.15, -0.1) is 10.2 Å². The third-order valence-electron chi connectivity index (χ3n) is 2.10. The summed E-state index contributed by atoms with van der Waals surface area (Å²) >= 11 is 0. The molecule has 2 rings (SSSR count). The van der Waals surface area contributed by atoms with Gasteiger partial charge in [-0.1, -0.05) is 0 Å². The summed E-state index contributed by atoms with van der Waals surface area (Å²) in [6.07, 6.45) is 1.48. The number of hydrogen-bond acceptors (Lipinski definition) is 6. The lowest BCUT2D eigenvalue weighted by Gasteiger charge is -2.00. The van der Waals surface area contributed by atoms with Crippen LogP contribution in [0.1, 0.15) is 11.4 Å². The van der Waals surface area contributed by atoms with E-state index in [-0.39, 0.29) is 11.4 Å². The van der Waals surface area contributed by atoms with Crippen LogP contribution in [0.3, 0.4) is 0 Å². The van der Waals surface area contributed by atoms with Crippen molar-refractivity contribution in [1.82, 2.24) is 20.6 Å². The summed E-state index contributed by atoms with van der Waals surface area (Å²) in [5, 5.41) is 33.6. The van der Waals surface area contributed by atoms with E-state index in [1.54, 1.807) is 24.3 Å². The number of benzene rings is 1. The number of anilines is 1. The van der Waals surface area contributed by atoms with Crippen LogP contribution in [0, 0.1) is 22.7 Å². The van der Waals surface area contributed by atoms with Gasteiger partial charge in [0, 0.05) is 11.9 Å². The highest BCUT2D eigenvalue weighted by Crippen LogP contribution is 2.11. The SMILES string of the molecule is N#CC(=CNc1ccc(C#N)cc1)c1nn[nH]n1. The van der Waals surface area contributed by atoms with Crippen molar-refractivity contribution in [2.45, 2.75) is 0 Å². The zero-order chi connectivity index (χ0) is 12.8. The monoisotopic (exact) mass is 237 g/mol. The van der Waals surface area contributed by atoms with Gasteiger partial charge in [0.25, 0.3) is 0 Å². The van der Waals surface area contributed by atoms with E-state index >= 15 is 0 Å². The van der Waals surface area contributed by atoms with Gasteiger partial charge in [0.15, 0.2) is 0 Å². The van der Waals surface area contributed by atoms with Crippen LogP contribution in [0.15, 0.2) is 30.5 Å². The van der Waals surface area contributed by atoms with Gasteiger partial charge in [-0.25, -0.2) is 0 Å². The van der Waals surface area contributed by atoms with Gasteiger partial charge in [-0.05, 0) is 29.5 Å². The average Bonchev–Trinajstić information content (AvgIpc) is 2.94. The maximum atomic E-state index is 8.94. The molecule has 0 aliphatic heterocycles. The van der Waals surface area contributed by atoms with E-state index in [0.29, 0.717) is 5.56 Å². The maximum absolute atomic E-state index is 8.94. The molecule has 18 heavy (non-hydrogen) atoms. The minimum atomic E-state index is 0.221. The van der Waals surface area contributed by atoms with Crippen LogP contribution in [0.25, 0.3) is 5.57 Å². The van der Waals surface area contributed by atoms with Crippen molar-refractivity contribution in [2.24, 2.45) is 0 Å². The molecule has 86 valence electrons. The number of aromatic amines is 1. The molecule has 0 aliphatic carbocycles. The van der Waals surface area contributed by atoms with Gasteiger partial charge in [0.1, 0.15) is 11.6 Å². The summed E-state index contributed by atoms with van der Waals surface area (Å²) in [4.78, 5) is 0. The van der Waals surface area contributed by atoms with Crippen molar-refractivity contribution >= 4 is 11.3 Å². The van der Waals surface area contributed by atoms with Gasteiger partial charge in [0.05, 0.1) is 11.6 Å². The average molecular weight is 237 g/mol. The first-order chi connectivity index (χ1) is 8.83. The van der Waals surface area contributed by atoms with Gasteiger partial charge in [-0.3, -0.25) is 0 Å². The van der Waals surface area contributed by atoms with E-state index in [1.165, 1.54) is 6.20 Å². The Hall–Kier alpha value is -3.19. The van der Waals surface area contributed by atoms with Crippen molar-refractivity contribution in [3.63, 3.8) is 0 Å². The topological polar surface area (TPSA) is 114 Å². The largest absolute Gasteiger partial charge is 0.360 e. The van der Waals surface area contributed by atoms with Crippen LogP contribution in [-0.4, -0.2) is 20.6 Å². The first-order valence-corrected chi connectivity index (χ1v) is 4.94. The predicted octanol–water partition coefficient (Wildman–Crippen LogP) is 1.05. The standard InChI is InChI=1S/C11H7N7/c12-5-8-1-3-10(4-2-8)14-7-9(6-13)11-15-17-18-16-11/h1-4,7,14H,(H,15,16,17,18). The number of H-pyrrole nitrogens is 1. The van der Waals surface area contributed by atoms with Crippen LogP contribution in [0.5, 0.6) is 0 Å². The molecule has 7 heteroatoms. The highest BCUT2D eigenvalue weighted by atomic mass is 15.5. The quantitative estimate of drug-likeness (QED) is 0.771. The van der Waals surface area contributed by atoms with E-state index < -0.39 is 0 Å². The molecule has 0 radical (unpaired) electrons. The molecule has 0 spiro atoms. The number of hydrogen-bond donors (Lipinski definition) is 2. The fourth-order valence-corrected chi connectivity index (χ4v) is 1.22. The minimum Gasteiger partial charge on any atom is -0.360 e. The molecule has 0 amide bonds. The molecule has 1 aromatic heterocycles. The number of aromatic nitrogens is 4. The minimum absolute atomic E-state index is 0.221. The Labute approximate surface area is 102 Å². The van der Waals surface area contributed by atoms with Crippen molar-refractivity contribution in [3.05, 3.63) is 41.9 Å². The summed E-state index contributed by atoms with van der Waals surface area (Å²) in [5.74, 6) is 0.221. The Morgan fingerprint density at radius 1 is 1.28 bits per heavy atom. The maximum Gasteiger partial charge on any atom is 0.216 e. The second-order valence-corrected chi connectivity index (χ2v) is 3.24. The van der Waals surface area contributed by atoms with Crippen LogP contribution in [0.4, 0.5) is 5.69 Å². The van der Waals surface area contributed by atoms with Gasteiger partial charge in [0.2, 0.25) is 5.82 Å². The van der Waals surface area contributed by atoms with E-state index in [0.717, 1.165) is 5.69 Å². The molecule has 0 fully saturated rings. The molecule has 2 N–H and O–H groups in total. The third-order valence-corrected chi connectivity index (χ3v) is 2.10. The highest BCUT2D eigenvalue weighted by Gasteiger charge is 2.04. The predicted molar refractivity (Wildman–Crippen MR) is 62.5 cm³/mol. The lowest BCUT2D eigenvalue weighted by Crippen LogP contribution is -1.92. The van der Waals surface area contributed by atoms with Crippen molar-refractivity contribution in [1.29, 1.82) is 10.5 Å². The Morgan fingerprint density at radius 3 is 2.61 bits per heavy atom. The fraction of sp³-hybridized carbons (Fsp3) is 0. The van der Waals surface area contributed by atoms with Crippen molar-refractivity contribution in [2.75, 3.05) is 5.32 Å². The molecule has 1 heterocycles. The van der Waals surface area contributed by atoms with E-state index in [1.807, 2.05) is 12.1 Å². The van der Waals surface area contributed by atoms with Crippen LogP contribution >= 0.6 is 0 Å². The molecule has 7 nitrogen and oxygen atoms in total. The summed E-state index contributed by atoms with van der Waals surface area (Å²) < 4.78 is 0. The molecule has 0 saturated carbocycles. The number of nitrogens with one attached hydrogen (secondary N) is 2. The molecule has 0 saturated heterocycles. The molecule has 0 aliphatic rings. The molecular formula is C11H7N7. The first-order valence-electron chi connectivity index (χ1n) is 4.94. The molecular weight excluding hydrogens is 230 g/mol. The number of tetrazole rings is 1. The number of nitrogens with zero attached hydrogens (tertiary/aromatic N) is 5. The molecule has 1 aromatic carbocycles. The normalized spacial score (nSPS) is 10.4. The van der Waals surface area contributed by atoms with Crippen molar-refractivity contribution in [3.8, 4) is 12.1 Å². The Morgan fingerprint density at radius 2 is 2.06 bits per heavy atom. The summed E-state index contributed by atoms with van der Waals surface area (Å²) in [6, 6.07) is 10.8. The van der Waals surface area contributed by atoms with Crippen LogP contribution in [-0.2, 0) is 0 Å². The zero-order valence-electron chi connectivity index (χ0n) is 9.12. The van der Waals surface area contributed by atoms with Crippen LogP contribution < -0.4 is 5.32 Å².